The van der Waals surface area contributed by atoms with Crippen LogP contribution in [0.5, 0.6) is 5.75 Å². The van der Waals surface area contributed by atoms with Crippen molar-refractivity contribution < 1.29 is 14.6 Å². The van der Waals surface area contributed by atoms with Gasteiger partial charge in [-0.15, -0.1) is 0 Å². The number of carbonyl (C=O) groups excluding carboxylic acids is 1. The van der Waals surface area contributed by atoms with Crippen molar-refractivity contribution in [3.05, 3.63) is 29.3 Å². The minimum atomic E-state index is -0.685. The Labute approximate surface area is 100 Å². The normalized spacial score (nSPS) is 31.4. The molecule has 3 heteroatoms. The SMILES string of the molecule is Cc1ccc2c(c1)C(=O)C1(CCC(O)CC1)O2. The Morgan fingerprint density at radius 1 is 1.35 bits per heavy atom. The van der Waals surface area contributed by atoms with Crippen LogP contribution in [-0.2, 0) is 0 Å². The van der Waals surface area contributed by atoms with Crippen molar-refractivity contribution in [2.45, 2.75) is 44.3 Å². The number of Topliss-reactive ketones (excluding diaryl/α,β-unsaturated/α-hetero) is 1. The smallest absolute Gasteiger partial charge is 0.210 e. The number of aryl methyl sites for hydroxylation is 1. The van der Waals surface area contributed by atoms with Crippen molar-refractivity contribution in [2.75, 3.05) is 0 Å². The van der Waals surface area contributed by atoms with E-state index in [0.717, 1.165) is 5.56 Å². The van der Waals surface area contributed by atoms with Gasteiger partial charge < -0.3 is 9.84 Å². The average molecular weight is 232 g/mol. The summed E-state index contributed by atoms with van der Waals surface area (Å²) >= 11 is 0. The maximum Gasteiger partial charge on any atom is 0.210 e. The number of carbonyl (C=O) groups is 1. The van der Waals surface area contributed by atoms with Gasteiger partial charge in [0.15, 0.2) is 5.60 Å². The van der Waals surface area contributed by atoms with Gasteiger partial charge in [0.25, 0.3) is 0 Å². The van der Waals surface area contributed by atoms with E-state index in [0.29, 0.717) is 37.0 Å². The van der Waals surface area contributed by atoms with Crippen LogP contribution in [0.2, 0.25) is 0 Å². The minimum absolute atomic E-state index is 0.100. The van der Waals surface area contributed by atoms with Gasteiger partial charge in [-0.3, -0.25) is 4.79 Å². The molecule has 1 aromatic carbocycles. The Hall–Kier alpha value is -1.35. The van der Waals surface area contributed by atoms with Gasteiger partial charge in [-0.2, -0.15) is 0 Å². The molecule has 0 aromatic heterocycles. The van der Waals surface area contributed by atoms with Crippen molar-refractivity contribution in [1.29, 1.82) is 0 Å². The topological polar surface area (TPSA) is 46.5 Å². The fraction of sp³-hybridized carbons (Fsp3) is 0.500. The summed E-state index contributed by atoms with van der Waals surface area (Å²) in [5, 5.41) is 9.53. The van der Waals surface area contributed by atoms with Crippen LogP contribution in [0.4, 0.5) is 0 Å². The molecule has 1 N–H and O–H groups in total. The van der Waals surface area contributed by atoms with Crippen LogP contribution in [0.1, 0.15) is 41.6 Å². The van der Waals surface area contributed by atoms with Crippen molar-refractivity contribution in [2.24, 2.45) is 0 Å². The predicted molar refractivity (Wildman–Crippen MR) is 63.3 cm³/mol. The second-order valence-corrected chi connectivity index (χ2v) is 5.16. The number of hydrogen-bond acceptors (Lipinski definition) is 3. The number of aliphatic hydroxyl groups excluding tert-OH is 1. The molecule has 0 amide bonds. The van der Waals surface area contributed by atoms with Gasteiger partial charge in [0.2, 0.25) is 5.78 Å². The van der Waals surface area contributed by atoms with Gasteiger partial charge in [-0.25, -0.2) is 0 Å². The van der Waals surface area contributed by atoms with E-state index in [1.807, 2.05) is 25.1 Å². The number of ketones is 1. The molecular weight excluding hydrogens is 216 g/mol. The number of hydrogen-bond donors (Lipinski definition) is 1. The molecule has 0 radical (unpaired) electrons. The zero-order valence-electron chi connectivity index (χ0n) is 9.90. The van der Waals surface area contributed by atoms with Crippen LogP contribution in [-0.4, -0.2) is 22.6 Å². The third-order valence-corrected chi connectivity index (χ3v) is 3.86. The third kappa shape index (κ3) is 1.57. The van der Waals surface area contributed by atoms with Crippen molar-refractivity contribution >= 4 is 5.78 Å². The van der Waals surface area contributed by atoms with Crippen LogP contribution in [0.25, 0.3) is 0 Å². The van der Waals surface area contributed by atoms with Crippen LogP contribution < -0.4 is 4.74 Å². The number of ether oxygens (including phenoxy) is 1. The maximum absolute atomic E-state index is 12.4. The molecule has 1 aliphatic heterocycles. The van der Waals surface area contributed by atoms with Gasteiger partial charge in [-0.1, -0.05) is 11.6 Å². The van der Waals surface area contributed by atoms with Crippen molar-refractivity contribution in [3.8, 4) is 5.75 Å². The van der Waals surface area contributed by atoms with E-state index in [2.05, 4.69) is 0 Å². The molecule has 0 saturated heterocycles. The van der Waals surface area contributed by atoms with E-state index < -0.39 is 5.60 Å². The Bertz CT molecular complexity index is 470. The standard InChI is InChI=1S/C14H16O3/c1-9-2-3-12-11(8-9)13(16)14(17-12)6-4-10(15)5-7-14/h2-3,8,10,15H,4-7H2,1H3. The molecule has 1 fully saturated rings. The fourth-order valence-electron chi connectivity index (χ4n) is 2.81. The lowest BCUT2D eigenvalue weighted by atomic mass is 9.79. The third-order valence-electron chi connectivity index (χ3n) is 3.86. The molecule has 1 aliphatic carbocycles. The van der Waals surface area contributed by atoms with Gasteiger partial charge in [-0.05, 0) is 44.7 Å². The molecule has 17 heavy (non-hydrogen) atoms. The van der Waals surface area contributed by atoms with Gasteiger partial charge >= 0.3 is 0 Å². The second-order valence-electron chi connectivity index (χ2n) is 5.16. The summed E-state index contributed by atoms with van der Waals surface area (Å²) in [6.45, 7) is 1.98. The predicted octanol–water partition coefficient (Wildman–Crippen LogP) is 2.24. The highest BCUT2D eigenvalue weighted by molar-refractivity contribution is 6.07. The molecule has 1 saturated carbocycles. The summed E-state index contributed by atoms with van der Waals surface area (Å²) in [5.41, 5.74) is 1.10. The van der Waals surface area contributed by atoms with E-state index in [1.54, 1.807) is 0 Å². The Balaban J connectivity index is 1.96. The van der Waals surface area contributed by atoms with Gasteiger partial charge in [0, 0.05) is 0 Å². The highest BCUT2D eigenvalue weighted by Gasteiger charge is 2.49. The van der Waals surface area contributed by atoms with E-state index >= 15 is 0 Å². The molecule has 0 bridgehead atoms. The molecule has 3 nitrogen and oxygen atoms in total. The van der Waals surface area contributed by atoms with E-state index in [1.165, 1.54) is 0 Å². The maximum atomic E-state index is 12.4. The van der Waals surface area contributed by atoms with Crippen LogP contribution in [0.3, 0.4) is 0 Å². The number of benzene rings is 1. The fourth-order valence-corrected chi connectivity index (χ4v) is 2.81. The second kappa shape index (κ2) is 3.57. The van der Waals surface area contributed by atoms with Gasteiger partial charge in [0.1, 0.15) is 5.75 Å². The molecular formula is C14H16O3. The molecule has 0 unspecified atom stereocenters. The zero-order valence-corrected chi connectivity index (χ0v) is 9.90. The number of fused-ring (bicyclic) bond motifs is 1. The molecule has 0 atom stereocenters. The lowest BCUT2D eigenvalue weighted by Gasteiger charge is -2.33. The van der Waals surface area contributed by atoms with Crippen LogP contribution in [0.15, 0.2) is 18.2 Å². The zero-order chi connectivity index (χ0) is 12.0. The molecule has 1 heterocycles. The highest BCUT2D eigenvalue weighted by atomic mass is 16.5. The first-order chi connectivity index (χ1) is 8.11. The lowest BCUT2D eigenvalue weighted by molar-refractivity contribution is 0.00924. The van der Waals surface area contributed by atoms with Crippen molar-refractivity contribution in [1.82, 2.24) is 0 Å². The Kier molecular flexibility index (Phi) is 2.26. The van der Waals surface area contributed by atoms with Gasteiger partial charge in [0.05, 0.1) is 11.7 Å². The quantitative estimate of drug-likeness (QED) is 0.746. The molecule has 90 valence electrons. The van der Waals surface area contributed by atoms with Crippen LogP contribution in [0, 0.1) is 6.92 Å². The molecule has 1 spiro atoms. The first-order valence-electron chi connectivity index (χ1n) is 6.13. The molecule has 1 aromatic rings. The monoisotopic (exact) mass is 232 g/mol. The first-order valence-corrected chi connectivity index (χ1v) is 6.13. The largest absolute Gasteiger partial charge is 0.478 e. The molecule has 3 rings (SSSR count). The minimum Gasteiger partial charge on any atom is -0.478 e. The lowest BCUT2D eigenvalue weighted by Crippen LogP contribution is -2.44. The number of rotatable bonds is 0. The van der Waals surface area contributed by atoms with E-state index in [4.69, 9.17) is 4.74 Å². The van der Waals surface area contributed by atoms with Crippen molar-refractivity contribution in [3.63, 3.8) is 0 Å². The summed E-state index contributed by atoms with van der Waals surface area (Å²) in [7, 11) is 0. The number of aliphatic hydroxyl groups is 1. The first kappa shape index (κ1) is 10.8. The van der Waals surface area contributed by atoms with E-state index in [9.17, 15) is 9.90 Å². The average Bonchev–Trinajstić information content (AvgIpc) is 2.58. The highest BCUT2D eigenvalue weighted by Crippen LogP contribution is 2.43. The Morgan fingerprint density at radius 3 is 2.76 bits per heavy atom. The summed E-state index contributed by atoms with van der Waals surface area (Å²) in [6, 6.07) is 5.74. The van der Waals surface area contributed by atoms with Crippen LogP contribution >= 0.6 is 0 Å². The molecule has 2 aliphatic rings. The summed E-state index contributed by atoms with van der Waals surface area (Å²) in [6.07, 6.45) is 2.28. The Morgan fingerprint density at radius 2 is 2.06 bits per heavy atom. The summed E-state index contributed by atoms with van der Waals surface area (Å²) in [4.78, 5) is 12.4. The van der Waals surface area contributed by atoms with E-state index in [-0.39, 0.29) is 11.9 Å². The summed E-state index contributed by atoms with van der Waals surface area (Å²) in [5.74, 6) is 0.806. The summed E-state index contributed by atoms with van der Waals surface area (Å²) < 4.78 is 5.89.